The Kier molecular flexibility index (Phi) is 1.13. The first kappa shape index (κ1) is 5.04. The molecule has 5 nitrogen and oxygen atoms in total. The Labute approximate surface area is 46.5 Å². The standard InChI is InChI=1S/C3H7N5/c1-8-3(6-4)2-5-7-8/h2,6H,4H2,1H3. The van der Waals surface area contributed by atoms with Crippen molar-refractivity contribution >= 4 is 5.82 Å². The van der Waals surface area contributed by atoms with Gasteiger partial charge in [0.25, 0.3) is 0 Å². The molecule has 1 aromatic heterocycles. The summed E-state index contributed by atoms with van der Waals surface area (Å²) in [6.07, 6.45) is 1.54. The maximum absolute atomic E-state index is 5.04. The molecule has 0 amide bonds. The number of nitrogens with one attached hydrogen (secondary N) is 1. The Hall–Kier alpha value is -1.10. The molecule has 0 saturated heterocycles. The van der Waals surface area contributed by atoms with Crippen molar-refractivity contribution in [2.45, 2.75) is 0 Å². The number of aromatic nitrogens is 3. The summed E-state index contributed by atoms with van der Waals surface area (Å²) in [6.45, 7) is 0. The van der Waals surface area contributed by atoms with Gasteiger partial charge in [0.2, 0.25) is 0 Å². The largest absolute Gasteiger partial charge is 0.307 e. The summed E-state index contributed by atoms with van der Waals surface area (Å²) in [5.41, 5.74) is 2.41. The molecule has 5 heteroatoms. The van der Waals surface area contributed by atoms with Gasteiger partial charge < -0.3 is 5.43 Å². The number of hydrogen-bond donors (Lipinski definition) is 2. The number of hydrogen-bond acceptors (Lipinski definition) is 4. The molecule has 44 valence electrons. The molecule has 1 rings (SSSR count). The second kappa shape index (κ2) is 1.79. The van der Waals surface area contributed by atoms with E-state index in [1.54, 1.807) is 17.9 Å². The van der Waals surface area contributed by atoms with Gasteiger partial charge in [-0.25, -0.2) is 10.5 Å². The predicted molar refractivity (Wildman–Crippen MR) is 28.8 cm³/mol. The third kappa shape index (κ3) is 0.627. The molecule has 0 unspecified atom stereocenters. The van der Waals surface area contributed by atoms with Crippen LogP contribution in [-0.2, 0) is 7.05 Å². The third-order valence-electron chi connectivity index (χ3n) is 0.862. The lowest BCUT2D eigenvalue weighted by Crippen LogP contribution is -2.10. The van der Waals surface area contributed by atoms with Crippen LogP contribution in [0.3, 0.4) is 0 Å². The molecular formula is C3H7N5. The minimum atomic E-state index is 0.699. The van der Waals surface area contributed by atoms with Gasteiger partial charge in [0, 0.05) is 7.05 Å². The molecule has 1 aromatic rings. The maximum Gasteiger partial charge on any atom is 0.158 e. The molecule has 0 aliphatic rings. The smallest absolute Gasteiger partial charge is 0.158 e. The zero-order valence-corrected chi connectivity index (χ0v) is 4.50. The van der Waals surface area contributed by atoms with Crippen molar-refractivity contribution < 1.29 is 0 Å². The van der Waals surface area contributed by atoms with E-state index in [-0.39, 0.29) is 0 Å². The van der Waals surface area contributed by atoms with Gasteiger partial charge in [-0.05, 0) is 0 Å². The quantitative estimate of drug-likeness (QED) is 0.366. The molecule has 3 N–H and O–H groups in total. The summed E-state index contributed by atoms with van der Waals surface area (Å²) in [5.74, 6) is 5.74. The molecule has 8 heavy (non-hydrogen) atoms. The van der Waals surface area contributed by atoms with E-state index in [1.807, 2.05) is 0 Å². The fraction of sp³-hybridized carbons (Fsp3) is 0.333. The lowest BCUT2D eigenvalue weighted by molar-refractivity contribution is 0.718. The van der Waals surface area contributed by atoms with Gasteiger partial charge in [-0.3, -0.25) is 0 Å². The van der Waals surface area contributed by atoms with Crippen LogP contribution in [0.15, 0.2) is 6.20 Å². The van der Waals surface area contributed by atoms with Gasteiger partial charge in [-0.1, -0.05) is 5.21 Å². The molecule has 0 spiro atoms. The molecule has 0 aromatic carbocycles. The number of aryl methyl sites for hydroxylation is 1. The van der Waals surface area contributed by atoms with Crippen LogP contribution >= 0.6 is 0 Å². The van der Waals surface area contributed by atoms with Crippen molar-refractivity contribution in [2.24, 2.45) is 12.9 Å². The molecule has 0 atom stereocenters. The molecule has 0 radical (unpaired) electrons. The van der Waals surface area contributed by atoms with Crippen LogP contribution < -0.4 is 11.3 Å². The van der Waals surface area contributed by atoms with Crippen LogP contribution in [0.1, 0.15) is 0 Å². The van der Waals surface area contributed by atoms with Gasteiger partial charge in [-0.2, -0.15) is 0 Å². The highest BCUT2D eigenvalue weighted by atomic mass is 15.5. The minimum Gasteiger partial charge on any atom is -0.307 e. The first-order valence-corrected chi connectivity index (χ1v) is 2.16. The topological polar surface area (TPSA) is 68.8 Å². The summed E-state index contributed by atoms with van der Waals surface area (Å²) >= 11 is 0. The predicted octanol–water partition coefficient (Wildman–Crippen LogP) is -0.899. The van der Waals surface area contributed by atoms with E-state index in [0.717, 1.165) is 0 Å². The molecule has 1 heterocycles. The second-order valence-electron chi connectivity index (χ2n) is 1.39. The highest BCUT2D eigenvalue weighted by molar-refractivity contribution is 5.27. The normalized spacial score (nSPS) is 9.25. The Morgan fingerprint density at radius 1 is 1.88 bits per heavy atom. The van der Waals surface area contributed by atoms with Crippen molar-refractivity contribution in [2.75, 3.05) is 5.43 Å². The summed E-state index contributed by atoms with van der Waals surface area (Å²) in [7, 11) is 1.75. The summed E-state index contributed by atoms with van der Waals surface area (Å²) < 4.78 is 1.54. The monoisotopic (exact) mass is 113 g/mol. The molecule has 0 fully saturated rings. The van der Waals surface area contributed by atoms with Crippen molar-refractivity contribution in [1.82, 2.24) is 15.0 Å². The SMILES string of the molecule is Cn1nncc1NN. The zero-order valence-electron chi connectivity index (χ0n) is 4.50. The van der Waals surface area contributed by atoms with E-state index in [0.29, 0.717) is 5.82 Å². The molecule has 0 aliphatic heterocycles. The van der Waals surface area contributed by atoms with Crippen LogP contribution in [0.2, 0.25) is 0 Å². The van der Waals surface area contributed by atoms with E-state index < -0.39 is 0 Å². The average Bonchev–Trinajstić information content (AvgIpc) is 2.14. The van der Waals surface area contributed by atoms with E-state index in [4.69, 9.17) is 5.84 Å². The van der Waals surface area contributed by atoms with Crippen LogP contribution in [-0.4, -0.2) is 15.0 Å². The van der Waals surface area contributed by atoms with E-state index in [9.17, 15) is 0 Å². The first-order valence-electron chi connectivity index (χ1n) is 2.16. The van der Waals surface area contributed by atoms with Gasteiger partial charge in [-0.15, -0.1) is 5.10 Å². The van der Waals surface area contributed by atoms with E-state index in [2.05, 4.69) is 15.7 Å². The van der Waals surface area contributed by atoms with Gasteiger partial charge >= 0.3 is 0 Å². The Morgan fingerprint density at radius 3 is 2.88 bits per heavy atom. The maximum atomic E-state index is 5.04. The molecule has 0 bridgehead atoms. The minimum absolute atomic E-state index is 0.699. The number of anilines is 1. The van der Waals surface area contributed by atoms with Crippen molar-refractivity contribution in [1.29, 1.82) is 0 Å². The average molecular weight is 113 g/mol. The number of hydrazine groups is 1. The van der Waals surface area contributed by atoms with Crippen LogP contribution in [0.5, 0.6) is 0 Å². The number of rotatable bonds is 1. The molecule has 0 aliphatic carbocycles. The van der Waals surface area contributed by atoms with Crippen LogP contribution in [0.4, 0.5) is 5.82 Å². The summed E-state index contributed by atoms with van der Waals surface area (Å²) in [4.78, 5) is 0. The number of nitrogens with zero attached hydrogens (tertiary/aromatic N) is 3. The first-order chi connectivity index (χ1) is 3.84. The highest BCUT2D eigenvalue weighted by Gasteiger charge is 1.91. The van der Waals surface area contributed by atoms with Gasteiger partial charge in [0.15, 0.2) is 5.82 Å². The Morgan fingerprint density at radius 2 is 2.62 bits per heavy atom. The van der Waals surface area contributed by atoms with E-state index >= 15 is 0 Å². The lowest BCUT2D eigenvalue weighted by atomic mass is 10.8. The third-order valence-corrected chi connectivity index (χ3v) is 0.862. The number of nitrogen functional groups attached to an aromatic ring is 1. The fourth-order valence-corrected chi connectivity index (χ4v) is 0.420. The summed E-state index contributed by atoms with van der Waals surface area (Å²) in [5, 5.41) is 7.17. The summed E-state index contributed by atoms with van der Waals surface area (Å²) in [6, 6.07) is 0. The van der Waals surface area contributed by atoms with Crippen molar-refractivity contribution in [3.05, 3.63) is 6.20 Å². The zero-order chi connectivity index (χ0) is 5.98. The Balaban J connectivity index is 2.92. The van der Waals surface area contributed by atoms with Gasteiger partial charge in [0.05, 0.1) is 6.20 Å². The van der Waals surface area contributed by atoms with Crippen LogP contribution in [0.25, 0.3) is 0 Å². The molecule has 0 saturated carbocycles. The van der Waals surface area contributed by atoms with Crippen LogP contribution in [0, 0.1) is 0 Å². The van der Waals surface area contributed by atoms with E-state index in [1.165, 1.54) is 0 Å². The molecular weight excluding hydrogens is 106 g/mol. The number of nitrogens with two attached hydrogens (primary N) is 1. The fourth-order valence-electron chi connectivity index (χ4n) is 0.420. The lowest BCUT2D eigenvalue weighted by Gasteiger charge is -1.93. The van der Waals surface area contributed by atoms with Gasteiger partial charge in [0.1, 0.15) is 0 Å². The van der Waals surface area contributed by atoms with Crippen molar-refractivity contribution in [3.8, 4) is 0 Å². The second-order valence-corrected chi connectivity index (χ2v) is 1.39. The highest BCUT2D eigenvalue weighted by Crippen LogP contribution is 1.94. The Bertz CT molecular complexity index is 168. The van der Waals surface area contributed by atoms with Crippen molar-refractivity contribution in [3.63, 3.8) is 0 Å².